The number of thioether (sulfide) groups is 1. The van der Waals surface area contributed by atoms with E-state index in [0.29, 0.717) is 17.8 Å². The van der Waals surface area contributed by atoms with Gasteiger partial charge in [0.1, 0.15) is 0 Å². The Morgan fingerprint density at radius 2 is 2.30 bits per heavy atom. The Bertz CT molecular complexity index is 662. The van der Waals surface area contributed by atoms with E-state index in [4.69, 9.17) is 4.52 Å². The van der Waals surface area contributed by atoms with Crippen molar-refractivity contribution >= 4 is 11.8 Å². The summed E-state index contributed by atoms with van der Waals surface area (Å²) in [6.07, 6.45) is 4.87. The average Bonchev–Trinajstić information content (AvgIpc) is 3.15. The van der Waals surface area contributed by atoms with E-state index >= 15 is 0 Å². The van der Waals surface area contributed by atoms with Crippen molar-refractivity contribution in [3.63, 3.8) is 0 Å². The van der Waals surface area contributed by atoms with Crippen LogP contribution in [0.2, 0.25) is 0 Å². The van der Waals surface area contributed by atoms with Gasteiger partial charge in [-0.1, -0.05) is 23.8 Å². The maximum atomic E-state index is 11.5. The molecule has 0 saturated heterocycles. The first-order valence-corrected chi connectivity index (χ1v) is 7.63. The lowest BCUT2D eigenvalue weighted by Gasteiger charge is -2.12. The molecule has 1 aliphatic rings. The molecule has 1 aliphatic carbocycles. The number of aryl methyl sites for hydroxylation is 1. The van der Waals surface area contributed by atoms with Crippen LogP contribution in [0.4, 0.5) is 0 Å². The number of aromatic nitrogens is 4. The molecule has 0 bridgehead atoms. The van der Waals surface area contributed by atoms with E-state index < -0.39 is 0 Å². The molecule has 0 amide bonds. The summed E-state index contributed by atoms with van der Waals surface area (Å²) in [5.74, 6) is 1.28. The van der Waals surface area contributed by atoms with Gasteiger partial charge in [-0.15, -0.1) is 0 Å². The van der Waals surface area contributed by atoms with Crippen LogP contribution in [0.5, 0.6) is 0 Å². The molecule has 2 aromatic rings. The Balaban J connectivity index is 1.82. The Labute approximate surface area is 120 Å². The highest BCUT2D eigenvalue weighted by Gasteiger charge is 2.27. The fourth-order valence-electron chi connectivity index (χ4n) is 1.90. The normalized spacial score (nSPS) is 16.3. The van der Waals surface area contributed by atoms with Crippen LogP contribution < -0.4 is 5.56 Å². The lowest BCUT2D eigenvalue weighted by molar-refractivity contribution is 0.375. The molecule has 2 heterocycles. The van der Waals surface area contributed by atoms with E-state index in [1.807, 2.05) is 20.0 Å². The smallest absolute Gasteiger partial charge is 0.273 e. The molecule has 2 aromatic heterocycles. The molecule has 0 radical (unpaired) electrons. The second kappa shape index (κ2) is 5.40. The summed E-state index contributed by atoms with van der Waals surface area (Å²) >= 11 is 1.49. The van der Waals surface area contributed by atoms with Crippen LogP contribution in [0.15, 0.2) is 26.7 Å². The van der Waals surface area contributed by atoms with Gasteiger partial charge in [-0.3, -0.25) is 4.79 Å². The van der Waals surface area contributed by atoms with Crippen molar-refractivity contribution in [1.82, 2.24) is 19.7 Å². The van der Waals surface area contributed by atoms with Crippen molar-refractivity contribution in [3.8, 4) is 0 Å². The quantitative estimate of drug-likeness (QED) is 0.622. The molecule has 7 heteroatoms. The summed E-state index contributed by atoms with van der Waals surface area (Å²) in [5.41, 5.74) is -0.212. The SMILES string of the molecule is CCc1noc(C(C)Sc2nc(=O)ccn2C2CC2)n1. The van der Waals surface area contributed by atoms with Crippen LogP contribution in [0.25, 0.3) is 0 Å². The first kappa shape index (κ1) is 13.4. The van der Waals surface area contributed by atoms with Gasteiger partial charge in [-0.2, -0.15) is 9.97 Å². The molecule has 0 aliphatic heterocycles. The van der Waals surface area contributed by atoms with Crippen LogP contribution in [0.1, 0.15) is 49.7 Å². The molecule has 106 valence electrons. The maximum Gasteiger partial charge on any atom is 0.273 e. The minimum absolute atomic E-state index is 0.0258. The molecule has 0 aromatic carbocycles. The Morgan fingerprint density at radius 1 is 1.50 bits per heavy atom. The molecular formula is C13H16N4O2S. The van der Waals surface area contributed by atoms with Crippen LogP contribution in [0, 0.1) is 0 Å². The van der Waals surface area contributed by atoms with Crippen molar-refractivity contribution in [2.24, 2.45) is 0 Å². The van der Waals surface area contributed by atoms with Crippen molar-refractivity contribution in [1.29, 1.82) is 0 Å². The highest BCUT2D eigenvalue weighted by atomic mass is 32.2. The zero-order chi connectivity index (χ0) is 14.1. The lowest BCUT2D eigenvalue weighted by Crippen LogP contribution is -2.12. The van der Waals surface area contributed by atoms with E-state index in [-0.39, 0.29) is 10.8 Å². The standard InChI is InChI=1S/C13H16N4O2S/c1-3-10-14-12(19-16-10)8(2)20-13-15-11(18)6-7-17(13)9-4-5-9/h6-9H,3-5H2,1-2H3. The van der Waals surface area contributed by atoms with Gasteiger partial charge >= 0.3 is 0 Å². The minimum Gasteiger partial charge on any atom is -0.338 e. The van der Waals surface area contributed by atoms with Crippen molar-refractivity contribution in [2.75, 3.05) is 0 Å². The molecule has 20 heavy (non-hydrogen) atoms. The fourth-order valence-corrected chi connectivity index (χ4v) is 2.89. The van der Waals surface area contributed by atoms with Crippen LogP contribution >= 0.6 is 11.8 Å². The molecule has 1 unspecified atom stereocenters. The van der Waals surface area contributed by atoms with E-state index in [1.165, 1.54) is 17.8 Å². The lowest BCUT2D eigenvalue weighted by atomic mass is 10.4. The van der Waals surface area contributed by atoms with E-state index in [0.717, 1.165) is 24.4 Å². The first-order valence-electron chi connectivity index (χ1n) is 6.75. The summed E-state index contributed by atoms with van der Waals surface area (Å²) in [5, 5.41) is 4.60. The average molecular weight is 292 g/mol. The zero-order valence-corrected chi connectivity index (χ0v) is 12.3. The summed E-state index contributed by atoms with van der Waals surface area (Å²) in [4.78, 5) is 19.9. The van der Waals surface area contributed by atoms with Gasteiger partial charge in [0.05, 0.1) is 5.25 Å². The summed E-state index contributed by atoms with van der Waals surface area (Å²) in [7, 11) is 0. The van der Waals surface area contributed by atoms with Crippen molar-refractivity contribution < 1.29 is 4.52 Å². The third-order valence-corrected chi connectivity index (χ3v) is 4.24. The minimum atomic E-state index is -0.212. The molecule has 6 nitrogen and oxygen atoms in total. The van der Waals surface area contributed by atoms with Gasteiger partial charge in [-0.25, -0.2) is 0 Å². The molecule has 1 fully saturated rings. The van der Waals surface area contributed by atoms with Crippen LogP contribution in [-0.2, 0) is 6.42 Å². The highest BCUT2D eigenvalue weighted by Crippen LogP contribution is 2.40. The summed E-state index contributed by atoms with van der Waals surface area (Å²) < 4.78 is 7.31. The third kappa shape index (κ3) is 2.77. The third-order valence-electron chi connectivity index (χ3n) is 3.17. The Hall–Kier alpha value is -1.63. The van der Waals surface area contributed by atoms with E-state index in [9.17, 15) is 4.79 Å². The fraction of sp³-hybridized carbons (Fsp3) is 0.538. The second-order valence-electron chi connectivity index (χ2n) is 4.85. The zero-order valence-electron chi connectivity index (χ0n) is 11.4. The second-order valence-corrected chi connectivity index (χ2v) is 6.16. The van der Waals surface area contributed by atoms with Crippen molar-refractivity contribution in [3.05, 3.63) is 34.3 Å². The molecule has 0 N–H and O–H groups in total. The molecule has 1 atom stereocenters. The molecular weight excluding hydrogens is 276 g/mol. The van der Waals surface area contributed by atoms with Gasteiger partial charge in [-0.05, 0) is 19.8 Å². The highest BCUT2D eigenvalue weighted by molar-refractivity contribution is 7.99. The number of rotatable bonds is 5. The van der Waals surface area contributed by atoms with Gasteiger partial charge in [0.25, 0.3) is 5.56 Å². The van der Waals surface area contributed by atoms with Crippen LogP contribution in [-0.4, -0.2) is 19.7 Å². The maximum absolute atomic E-state index is 11.5. The monoisotopic (exact) mass is 292 g/mol. The van der Waals surface area contributed by atoms with Crippen LogP contribution in [0.3, 0.4) is 0 Å². The molecule has 1 saturated carbocycles. The number of hydrogen-bond donors (Lipinski definition) is 0. The Morgan fingerprint density at radius 3 is 2.95 bits per heavy atom. The topological polar surface area (TPSA) is 73.8 Å². The predicted octanol–water partition coefficient (Wildman–Crippen LogP) is 2.38. The summed E-state index contributed by atoms with van der Waals surface area (Å²) in [6.45, 7) is 3.96. The number of nitrogens with zero attached hydrogens (tertiary/aromatic N) is 4. The van der Waals surface area contributed by atoms with Gasteiger partial charge in [0, 0.05) is 24.7 Å². The predicted molar refractivity (Wildman–Crippen MR) is 74.7 cm³/mol. The molecule has 0 spiro atoms. The van der Waals surface area contributed by atoms with Gasteiger partial charge in [0.15, 0.2) is 11.0 Å². The first-order chi connectivity index (χ1) is 9.67. The van der Waals surface area contributed by atoms with E-state index in [2.05, 4.69) is 19.7 Å². The largest absolute Gasteiger partial charge is 0.338 e. The van der Waals surface area contributed by atoms with E-state index in [1.54, 1.807) is 0 Å². The van der Waals surface area contributed by atoms with Gasteiger partial charge < -0.3 is 9.09 Å². The van der Waals surface area contributed by atoms with Gasteiger partial charge in [0.2, 0.25) is 5.89 Å². The Kier molecular flexibility index (Phi) is 3.60. The summed E-state index contributed by atoms with van der Waals surface area (Å²) in [6, 6.07) is 1.99. The molecule has 3 rings (SSSR count). The number of hydrogen-bond acceptors (Lipinski definition) is 6. The van der Waals surface area contributed by atoms with Crippen molar-refractivity contribution in [2.45, 2.75) is 49.6 Å².